The Hall–Kier alpha value is -2.56. The van der Waals surface area contributed by atoms with Gasteiger partial charge in [-0.25, -0.2) is 9.59 Å². The predicted octanol–water partition coefficient (Wildman–Crippen LogP) is 2.60. The van der Waals surface area contributed by atoms with Gasteiger partial charge in [-0.15, -0.1) is 0 Å². The Bertz CT molecular complexity index is 742. The molecule has 0 saturated heterocycles. The minimum absolute atomic E-state index is 0.145. The van der Waals surface area contributed by atoms with Gasteiger partial charge in [0, 0.05) is 17.0 Å². The summed E-state index contributed by atoms with van der Waals surface area (Å²) in [6, 6.07) is 6.60. The summed E-state index contributed by atoms with van der Waals surface area (Å²) < 4.78 is 15.5. The molecule has 0 N–H and O–H groups in total. The Balaban J connectivity index is 2.02. The fourth-order valence-electron chi connectivity index (χ4n) is 1.81. The van der Waals surface area contributed by atoms with E-state index in [1.807, 2.05) is 6.92 Å². The Labute approximate surface area is 121 Å². The number of rotatable bonds is 5. The third kappa shape index (κ3) is 3.72. The molecule has 1 aromatic carbocycles. The third-order valence-corrected chi connectivity index (χ3v) is 2.85. The van der Waals surface area contributed by atoms with Crippen LogP contribution in [0.25, 0.3) is 11.0 Å². The molecule has 0 unspecified atom stereocenters. The first-order valence-corrected chi connectivity index (χ1v) is 6.47. The van der Waals surface area contributed by atoms with E-state index >= 15 is 0 Å². The van der Waals surface area contributed by atoms with Gasteiger partial charge in [-0.05, 0) is 37.6 Å². The van der Waals surface area contributed by atoms with Crippen LogP contribution in [-0.4, -0.2) is 19.2 Å². The van der Waals surface area contributed by atoms with E-state index in [1.54, 1.807) is 25.1 Å². The van der Waals surface area contributed by atoms with Crippen molar-refractivity contribution in [2.75, 3.05) is 13.2 Å². The Morgan fingerprint density at radius 3 is 2.76 bits per heavy atom. The van der Waals surface area contributed by atoms with Crippen LogP contribution in [0.5, 0.6) is 5.75 Å². The maximum absolute atomic E-state index is 11.3. The summed E-state index contributed by atoms with van der Waals surface area (Å²) in [5, 5.41) is 0.811. The molecule has 2 aromatic rings. The zero-order chi connectivity index (χ0) is 15.4. The van der Waals surface area contributed by atoms with E-state index in [0.29, 0.717) is 16.9 Å². The van der Waals surface area contributed by atoms with Crippen LogP contribution in [0.15, 0.2) is 45.6 Å². The molecular weight excluding hydrogens is 272 g/mol. The third-order valence-electron chi connectivity index (χ3n) is 2.85. The van der Waals surface area contributed by atoms with Crippen LogP contribution < -0.4 is 10.4 Å². The molecule has 0 aliphatic carbocycles. The number of esters is 1. The Kier molecular flexibility index (Phi) is 4.42. The molecule has 0 fully saturated rings. The van der Waals surface area contributed by atoms with Gasteiger partial charge in [0.2, 0.25) is 0 Å². The summed E-state index contributed by atoms with van der Waals surface area (Å²) in [4.78, 5) is 22.5. The number of hydrogen-bond donors (Lipinski definition) is 0. The van der Waals surface area contributed by atoms with E-state index in [9.17, 15) is 9.59 Å². The molecule has 5 heteroatoms. The monoisotopic (exact) mass is 288 g/mol. The largest absolute Gasteiger partial charge is 0.490 e. The van der Waals surface area contributed by atoms with Crippen molar-refractivity contribution in [3.63, 3.8) is 0 Å². The molecule has 0 spiro atoms. The highest BCUT2D eigenvalue weighted by molar-refractivity contribution is 5.86. The first-order chi connectivity index (χ1) is 9.97. The van der Waals surface area contributed by atoms with Crippen molar-refractivity contribution in [2.24, 2.45) is 0 Å². The average molecular weight is 288 g/mol. The molecule has 0 aliphatic heterocycles. The van der Waals surface area contributed by atoms with Gasteiger partial charge in [0.05, 0.1) is 0 Å². The predicted molar refractivity (Wildman–Crippen MR) is 78.5 cm³/mol. The van der Waals surface area contributed by atoms with Gasteiger partial charge >= 0.3 is 11.6 Å². The number of aryl methyl sites for hydroxylation is 1. The molecular formula is C16H16O5. The van der Waals surface area contributed by atoms with Crippen molar-refractivity contribution in [1.29, 1.82) is 0 Å². The molecule has 110 valence electrons. The number of hydrogen-bond acceptors (Lipinski definition) is 5. The topological polar surface area (TPSA) is 65.7 Å². The molecule has 0 atom stereocenters. The molecule has 1 heterocycles. The van der Waals surface area contributed by atoms with Crippen molar-refractivity contribution in [3.05, 3.63) is 52.4 Å². The molecule has 0 saturated carbocycles. The van der Waals surface area contributed by atoms with Crippen molar-refractivity contribution >= 4 is 16.9 Å². The Morgan fingerprint density at radius 1 is 1.29 bits per heavy atom. The lowest BCUT2D eigenvalue weighted by molar-refractivity contribution is -0.139. The van der Waals surface area contributed by atoms with Crippen molar-refractivity contribution in [3.8, 4) is 5.75 Å². The summed E-state index contributed by atoms with van der Waals surface area (Å²) in [5.74, 6) is 0.181. The van der Waals surface area contributed by atoms with Gasteiger partial charge in [0.1, 0.15) is 24.5 Å². The van der Waals surface area contributed by atoms with Crippen LogP contribution in [0, 0.1) is 6.92 Å². The van der Waals surface area contributed by atoms with Gasteiger partial charge in [-0.2, -0.15) is 0 Å². The smallest absolute Gasteiger partial charge is 0.336 e. The van der Waals surface area contributed by atoms with Crippen molar-refractivity contribution in [2.45, 2.75) is 13.8 Å². The van der Waals surface area contributed by atoms with E-state index in [2.05, 4.69) is 6.58 Å². The Morgan fingerprint density at radius 2 is 2.05 bits per heavy atom. The van der Waals surface area contributed by atoms with Gasteiger partial charge in [0.25, 0.3) is 0 Å². The molecule has 2 rings (SSSR count). The van der Waals surface area contributed by atoms with Crippen LogP contribution in [0.2, 0.25) is 0 Å². The SMILES string of the molecule is C=C(C)C(=O)OCCOc1ccc2oc(=O)cc(C)c2c1. The minimum Gasteiger partial charge on any atom is -0.490 e. The van der Waals surface area contributed by atoms with E-state index in [1.165, 1.54) is 6.07 Å². The first kappa shape index (κ1) is 14.8. The second kappa shape index (κ2) is 6.26. The quantitative estimate of drug-likeness (QED) is 0.366. The molecule has 5 nitrogen and oxygen atoms in total. The number of ether oxygens (including phenoxy) is 2. The van der Waals surface area contributed by atoms with Gasteiger partial charge in [-0.3, -0.25) is 0 Å². The van der Waals surface area contributed by atoms with E-state index < -0.39 is 5.97 Å². The highest BCUT2D eigenvalue weighted by Gasteiger charge is 2.05. The van der Waals surface area contributed by atoms with Crippen LogP contribution in [0.3, 0.4) is 0 Å². The van der Waals surface area contributed by atoms with Crippen LogP contribution in [0.4, 0.5) is 0 Å². The minimum atomic E-state index is -0.435. The standard InChI is InChI=1S/C16H16O5/c1-10(2)16(18)20-7-6-19-12-4-5-14-13(9-12)11(3)8-15(17)21-14/h4-5,8-9H,1,6-7H2,2-3H3. The van der Waals surface area contributed by atoms with Crippen LogP contribution in [-0.2, 0) is 9.53 Å². The molecule has 0 bridgehead atoms. The van der Waals surface area contributed by atoms with Crippen molar-refractivity contribution in [1.82, 2.24) is 0 Å². The van der Waals surface area contributed by atoms with Gasteiger partial charge < -0.3 is 13.9 Å². The normalized spacial score (nSPS) is 10.4. The second-order valence-electron chi connectivity index (χ2n) is 4.67. The molecule has 0 amide bonds. The lowest BCUT2D eigenvalue weighted by Crippen LogP contribution is -2.12. The molecule has 0 radical (unpaired) electrons. The lowest BCUT2D eigenvalue weighted by Gasteiger charge is -2.08. The average Bonchev–Trinajstić information content (AvgIpc) is 2.43. The van der Waals surface area contributed by atoms with E-state index in [4.69, 9.17) is 13.9 Å². The van der Waals surface area contributed by atoms with Gasteiger partial charge in [0.15, 0.2) is 0 Å². The van der Waals surface area contributed by atoms with E-state index in [-0.39, 0.29) is 18.8 Å². The number of carbonyl (C=O) groups excluding carboxylic acids is 1. The summed E-state index contributed by atoms with van der Waals surface area (Å²) in [5.41, 5.74) is 1.31. The lowest BCUT2D eigenvalue weighted by atomic mass is 10.1. The maximum atomic E-state index is 11.3. The van der Waals surface area contributed by atoms with E-state index in [0.717, 1.165) is 10.9 Å². The highest BCUT2D eigenvalue weighted by atomic mass is 16.6. The summed E-state index contributed by atoms with van der Waals surface area (Å²) >= 11 is 0. The fourth-order valence-corrected chi connectivity index (χ4v) is 1.81. The van der Waals surface area contributed by atoms with Crippen LogP contribution in [0.1, 0.15) is 12.5 Å². The maximum Gasteiger partial charge on any atom is 0.336 e. The zero-order valence-electron chi connectivity index (χ0n) is 12.0. The molecule has 0 aliphatic rings. The van der Waals surface area contributed by atoms with Crippen molar-refractivity contribution < 1.29 is 18.7 Å². The molecule has 1 aromatic heterocycles. The number of fused-ring (bicyclic) bond motifs is 1. The second-order valence-corrected chi connectivity index (χ2v) is 4.67. The zero-order valence-corrected chi connectivity index (χ0v) is 12.0. The fraction of sp³-hybridized carbons (Fsp3) is 0.250. The molecule has 21 heavy (non-hydrogen) atoms. The number of carbonyl (C=O) groups is 1. The summed E-state index contributed by atoms with van der Waals surface area (Å²) in [7, 11) is 0. The first-order valence-electron chi connectivity index (χ1n) is 6.47. The summed E-state index contributed by atoms with van der Waals surface area (Å²) in [6.07, 6.45) is 0. The summed E-state index contributed by atoms with van der Waals surface area (Å²) in [6.45, 7) is 7.29. The van der Waals surface area contributed by atoms with Gasteiger partial charge in [-0.1, -0.05) is 6.58 Å². The van der Waals surface area contributed by atoms with Crippen LogP contribution >= 0.6 is 0 Å². The highest BCUT2D eigenvalue weighted by Crippen LogP contribution is 2.22. The number of benzene rings is 1.